The summed E-state index contributed by atoms with van der Waals surface area (Å²) in [5.41, 5.74) is 2.08. The minimum absolute atomic E-state index is 0.263. The van der Waals surface area contributed by atoms with Gasteiger partial charge in [0.15, 0.2) is 0 Å². The molecular weight excluding hydrogens is 274 g/mol. The maximum Gasteiger partial charge on any atom is 0.222 e. The normalized spacial score (nSPS) is 33.2. The molecule has 108 valence electrons. The van der Waals surface area contributed by atoms with Crippen LogP contribution in [0.3, 0.4) is 0 Å². The molecule has 5 rings (SSSR count). The molecule has 3 aliphatic rings. The van der Waals surface area contributed by atoms with Gasteiger partial charge in [0.25, 0.3) is 0 Å². The summed E-state index contributed by atoms with van der Waals surface area (Å²) in [5, 5.41) is 3.39. The van der Waals surface area contributed by atoms with E-state index in [4.69, 9.17) is 4.74 Å². The molecule has 0 bridgehead atoms. The van der Waals surface area contributed by atoms with E-state index in [0.29, 0.717) is 18.1 Å². The van der Waals surface area contributed by atoms with Gasteiger partial charge in [-0.15, -0.1) is 0 Å². The van der Waals surface area contributed by atoms with Crippen LogP contribution < -0.4 is 5.32 Å². The first-order chi connectivity index (χ1) is 10.8. The number of nitrogens with one attached hydrogen (secondary N) is 1. The first kappa shape index (κ1) is 12.2. The summed E-state index contributed by atoms with van der Waals surface area (Å²) in [5.74, 6) is 7.63. The number of epoxide rings is 1. The molecular formula is C18H15N3O. The maximum atomic E-state index is 5.77. The second-order valence-corrected chi connectivity index (χ2v) is 6.29. The smallest absolute Gasteiger partial charge is 0.222 e. The van der Waals surface area contributed by atoms with Gasteiger partial charge in [-0.25, -0.2) is 9.97 Å². The van der Waals surface area contributed by atoms with Crippen LogP contribution in [-0.2, 0) is 4.74 Å². The van der Waals surface area contributed by atoms with Crippen LogP contribution in [-0.4, -0.2) is 27.7 Å². The monoisotopic (exact) mass is 289 g/mol. The van der Waals surface area contributed by atoms with Crippen molar-refractivity contribution in [2.75, 3.05) is 5.32 Å². The van der Waals surface area contributed by atoms with Gasteiger partial charge in [0.1, 0.15) is 11.7 Å². The second-order valence-electron chi connectivity index (χ2n) is 6.29. The van der Waals surface area contributed by atoms with Crippen molar-refractivity contribution in [2.45, 2.75) is 30.6 Å². The van der Waals surface area contributed by atoms with Crippen LogP contribution in [0.2, 0.25) is 0 Å². The van der Waals surface area contributed by atoms with E-state index in [1.54, 1.807) is 12.4 Å². The molecule has 1 spiro atoms. The molecule has 0 radical (unpaired) electrons. The lowest BCUT2D eigenvalue weighted by molar-refractivity contribution is 0.303. The second kappa shape index (κ2) is 4.31. The summed E-state index contributed by atoms with van der Waals surface area (Å²) < 4.78 is 5.77. The number of aromatic nitrogens is 2. The van der Waals surface area contributed by atoms with Gasteiger partial charge >= 0.3 is 0 Å². The Labute approximate surface area is 128 Å². The topological polar surface area (TPSA) is 50.3 Å². The summed E-state index contributed by atoms with van der Waals surface area (Å²) in [6.07, 6.45) is 6.36. The standard InChI is InChI=1S/C18H15N3O/c1-2-4-12(5-3-1)6-7-13-10-19-17(20-11-13)21-15-8-14-9-18(14)16(15)22-18/h1-5,10-11,14-16H,8-9H2,(H,19,20,21)/t14-,15?,16+,18?/m1/s1. The van der Waals surface area contributed by atoms with Crippen molar-refractivity contribution in [2.24, 2.45) is 5.92 Å². The molecule has 3 fully saturated rings. The highest BCUT2D eigenvalue weighted by Gasteiger charge is 2.80. The van der Waals surface area contributed by atoms with E-state index < -0.39 is 0 Å². The molecule has 1 aromatic carbocycles. The van der Waals surface area contributed by atoms with Gasteiger partial charge in [0.05, 0.1) is 11.6 Å². The Morgan fingerprint density at radius 3 is 2.55 bits per heavy atom. The fourth-order valence-electron chi connectivity index (χ4n) is 3.59. The average molecular weight is 289 g/mol. The number of rotatable bonds is 2. The molecule has 2 aromatic rings. The van der Waals surface area contributed by atoms with Gasteiger partial charge in [0.2, 0.25) is 5.95 Å². The third-order valence-corrected chi connectivity index (χ3v) is 4.86. The number of benzene rings is 1. The largest absolute Gasteiger partial charge is 0.364 e. The molecule has 4 atom stereocenters. The van der Waals surface area contributed by atoms with E-state index >= 15 is 0 Å². The average Bonchev–Trinajstić information content (AvgIpc) is 3.44. The fraction of sp³-hybridized carbons (Fsp3) is 0.333. The molecule has 1 N–H and O–H groups in total. The zero-order valence-electron chi connectivity index (χ0n) is 12.0. The van der Waals surface area contributed by atoms with Gasteiger partial charge in [-0.2, -0.15) is 0 Å². The number of anilines is 1. The lowest BCUT2D eigenvalue weighted by Crippen LogP contribution is -2.25. The quantitative estimate of drug-likeness (QED) is 0.680. The molecule has 2 heterocycles. The van der Waals surface area contributed by atoms with Crippen LogP contribution in [0.4, 0.5) is 5.95 Å². The molecule has 4 nitrogen and oxygen atoms in total. The molecule has 2 saturated carbocycles. The lowest BCUT2D eigenvalue weighted by Gasteiger charge is -2.13. The minimum atomic E-state index is 0.263. The maximum absolute atomic E-state index is 5.77. The summed E-state index contributed by atoms with van der Waals surface area (Å²) in [6.45, 7) is 0. The molecule has 0 amide bonds. The van der Waals surface area contributed by atoms with Crippen molar-refractivity contribution in [3.63, 3.8) is 0 Å². The third kappa shape index (κ3) is 1.90. The Morgan fingerprint density at radius 2 is 1.86 bits per heavy atom. The van der Waals surface area contributed by atoms with Gasteiger partial charge < -0.3 is 10.1 Å². The van der Waals surface area contributed by atoms with E-state index in [-0.39, 0.29) is 5.60 Å². The van der Waals surface area contributed by atoms with Crippen LogP contribution in [0.1, 0.15) is 24.0 Å². The number of hydrogen-bond acceptors (Lipinski definition) is 4. The van der Waals surface area contributed by atoms with Crippen molar-refractivity contribution < 1.29 is 4.74 Å². The molecule has 2 unspecified atom stereocenters. The predicted octanol–water partition coefficient (Wildman–Crippen LogP) is 2.22. The highest BCUT2D eigenvalue weighted by Crippen LogP contribution is 2.70. The van der Waals surface area contributed by atoms with Crippen molar-refractivity contribution in [1.82, 2.24) is 9.97 Å². The number of hydrogen-bond donors (Lipinski definition) is 1. The lowest BCUT2D eigenvalue weighted by atomic mass is 10.1. The Kier molecular flexibility index (Phi) is 2.39. The fourth-order valence-corrected chi connectivity index (χ4v) is 3.59. The van der Waals surface area contributed by atoms with E-state index in [1.807, 2.05) is 30.3 Å². The highest BCUT2D eigenvalue weighted by atomic mass is 16.6. The van der Waals surface area contributed by atoms with E-state index in [9.17, 15) is 0 Å². The first-order valence-electron chi connectivity index (χ1n) is 7.67. The Balaban J connectivity index is 1.27. The van der Waals surface area contributed by atoms with E-state index in [0.717, 1.165) is 17.0 Å². The first-order valence-corrected chi connectivity index (χ1v) is 7.67. The zero-order valence-corrected chi connectivity index (χ0v) is 12.0. The third-order valence-electron chi connectivity index (χ3n) is 4.86. The Hall–Kier alpha value is -2.38. The molecule has 2 aliphatic carbocycles. The predicted molar refractivity (Wildman–Crippen MR) is 82.2 cm³/mol. The van der Waals surface area contributed by atoms with Crippen LogP contribution in [0.25, 0.3) is 0 Å². The van der Waals surface area contributed by atoms with Crippen molar-refractivity contribution >= 4 is 5.95 Å². The van der Waals surface area contributed by atoms with Gasteiger partial charge in [0, 0.05) is 18.0 Å². The van der Waals surface area contributed by atoms with E-state index in [1.165, 1.54) is 12.8 Å². The molecule has 4 heteroatoms. The van der Waals surface area contributed by atoms with Crippen molar-refractivity contribution in [1.29, 1.82) is 0 Å². The van der Waals surface area contributed by atoms with Gasteiger partial charge in [-0.3, -0.25) is 0 Å². The summed E-state index contributed by atoms with van der Waals surface area (Å²) in [6, 6.07) is 10.3. The highest BCUT2D eigenvalue weighted by molar-refractivity contribution is 5.43. The molecule has 1 aliphatic heterocycles. The van der Waals surface area contributed by atoms with Crippen molar-refractivity contribution in [3.05, 3.63) is 53.9 Å². The number of nitrogens with zero attached hydrogens (tertiary/aromatic N) is 2. The van der Waals surface area contributed by atoms with Gasteiger partial charge in [-0.1, -0.05) is 30.0 Å². The zero-order chi connectivity index (χ0) is 14.6. The Morgan fingerprint density at radius 1 is 1.09 bits per heavy atom. The number of ether oxygens (including phenoxy) is 1. The summed E-state index contributed by atoms with van der Waals surface area (Å²) in [7, 11) is 0. The van der Waals surface area contributed by atoms with Crippen LogP contribution in [0.5, 0.6) is 0 Å². The molecule has 22 heavy (non-hydrogen) atoms. The van der Waals surface area contributed by atoms with Crippen LogP contribution in [0, 0.1) is 17.8 Å². The van der Waals surface area contributed by atoms with Crippen LogP contribution >= 0.6 is 0 Å². The molecule has 1 aromatic heterocycles. The van der Waals surface area contributed by atoms with Crippen molar-refractivity contribution in [3.8, 4) is 11.8 Å². The minimum Gasteiger partial charge on any atom is -0.364 e. The van der Waals surface area contributed by atoms with Gasteiger partial charge in [-0.05, 0) is 30.9 Å². The van der Waals surface area contributed by atoms with E-state index in [2.05, 4.69) is 27.1 Å². The van der Waals surface area contributed by atoms with Crippen LogP contribution in [0.15, 0.2) is 42.7 Å². The SMILES string of the molecule is C(#Cc1cnc(NC2C[C@@H]3CC34O[C@@H]24)nc1)c1ccccc1. The molecule has 1 saturated heterocycles. The summed E-state index contributed by atoms with van der Waals surface area (Å²) in [4.78, 5) is 8.73. The Bertz CT molecular complexity index is 777. The summed E-state index contributed by atoms with van der Waals surface area (Å²) >= 11 is 0.